The van der Waals surface area contributed by atoms with E-state index in [2.05, 4.69) is 21.2 Å². The molecule has 1 aromatic carbocycles. The number of benzene rings is 1. The van der Waals surface area contributed by atoms with Crippen LogP contribution in [0.4, 0.5) is 5.69 Å². The van der Waals surface area contributed by atoms with Gasteiger partial charge in [0.05, 0.1) is 17.4 Å². The molecule has 2 saturated heterocycles. The zero-order valence-electron chi connectivity index (χ0n) is 12.4. The lowest BCUT2D eigenvalue weighted by molar-refractivity contribution is -0.126. The van der Waals surface area contributed by atoms with Crippen molar-refractivity contribution in [2.45, 2.75) is 18.9 Å². The summed E-state index contributed by atoms with van der Waals surface area (Å²) in [5.41, 5.74) is 0.753. The number of halogens is 1. The van der Waals surface area contributed by atoms with Crippen molar-refractivity contribution >= 4 is 43.3 Å². The van der Waals surface area contributed by atoms with Gasteiger partial charge in [-0.05, 0) is 24.6 Å². The largest absolute Gasteiger partial charge is 0.352 e. The van der Waals surface area contributed by atoms with E-state index >= 15 is 0 Å². The van der Waals surface area contributed by atoms with E-state index in [-0.39, 0.29) is 35.8 Å². The number of carbonyl (C=O) groups excluding carboxylic acids is 2. The van der Waals surface area contributed by atoms with Crippen molar-refractivity contribution in [1.29, 1.82) is 0 Å². The molecule has 2 aliphatic rings. The first-order valence-corrected chi connectivity index (χ1v) is 10.0. The second-order valence-electron chi connectivity index (χ2n) is 5.99. The van der Waals surface area contributed by atoms with Crippen molar-refractivity contribution in [2.24, 2.45) is 5.92 Å². The Bertz CT molecular complexity index is 750. The molecule has 2 heterocycles. The Morgan fingerprint density at radius 2 is 2.13 bits per heavy atom. The monoisotopic (exact) mass is 400 g/mol. The number of anilines is 1. The van der Waals surface area contributed by atoms with Crippen molar-refractivity contribution in [3.05, 3.63) is 28.7 Å². The maximum atomic E-state index is 12.3. The Morgan fingerprint density at radius 1 is 1.35 bits per heavy atom. The van der Waals surface area contributed by atoms with Gasteiger partial charge in [-0.1, -0.05) is 22.0 Å². The van der Waals surface area contributed by atoms with Gasteiger partial charge in [0.1, 0.15) is 0 Å². The third kappa shape index (κ3) is 3.74. The molecule has 23 heavy (non-hydrogen) atoms. The van der Waals surface area contributed by atoms with Crippen LogP contribution in [0.2, 0.25) is 0 Å². The van der Waals surface area contributed by atoms with E-state index in [4.69, 9.17) is 0 Å². The summed E-state index contributed by atoms with van der Waals surface area (Å²) in [6.45, 7) is 0.320. The number of hydrogen-bond acceptors (Lipinski definition) is 4. The minimum Gasteiger partial charge on any atom is -0.352 e. The maximum Gasteiger partial charge on any atom is 0.227 e. The minimum atomic E-state index is -3.03. The van der Waals surface area contributed by atoms with Gasteiger partial charge >= 0.3 is 0 Å². The van der Waals surface area contributed by atoms with Gasteiger partial charge in [0.2, 0.25) is 11.8 Å². The minimum absolute atomic E-state index is 0.00521. The van der Waals surface area contributed by atoms with E-state index in [0.717, 1.165) is 10.2 Å². The van der Waals surface area contributed by atoms with E-state index in [9.17, 15) is 18.0 Å². The average molecular weight is 401 g/mol. The van der Waals surface area contributed by atoms with Crippen LogP contribution in [-0.4, -0.2) is 44.3 Å². The molecular weight excluding hydrogens is 384 g/mol. The molecule has 2 atom stereocenters. The summed E-state index contributed by atoms with van der Waals surface area (Å²) in [7, 11) is -3.03. The molecule has 0 bridgehead atoms. The van der Waals surface area contributed by atoms with Crippen molar-refractivity contribution in [3.63, 3.8) is 0 Å². The van der Waals surface area contributed by atoms with E-state index in [0.29, 0.717) is 13.0 Å². The fourth-order valence-electron chi connectivity index (χ4n) is 3.00. The second kappa shape index (κ2) is 6.24. The highest BCUT2D eigenvalue weighted by Crippen LogP contribution is 2.27. The number of nitrogens with zero attached hydrogens (tertiary/aromatic N) is 1. The molecule has 124 valence electrons. The van der Waals surface area contributed by atoms with Gasteiger partial charge in [0.15, 0.2) is 9.84 Å². The summed E-state index contributed by atoms with van der Waals surface area (Å²) in [6, 6.07) is 7.04. The highest BCUT2D eigenvalue weighted by atomic mass is 79.9. The van der Waals surface area contributed by atoms with E-state index in [1.165, 1.54) is 0 Å². The van der Waals surface area contributed by atoms with Crippen LogP contribution in [0.15, 0.2) is 28.7 Å². The van der Waals surface area contributed by atoms with Gasteiger partial charge in [-0.15, -0.1) is 0 Å². The summed E-state index contributed by atoms with van der Waals surface area (Å²) in [5, 5.41) is 2.77. The van der Waals surface area contributed by atoms with Crippen molar-refractivity contribution in [1.82, 2.24) is 5.32 Å². The van der Waals surface area contributed by atoms with Crippen LogP contribution >= 0.6 is 15.9 Å². The molecule has 2 fully saturated rings. The van der Waals surface area contributed by atoms with Gasteiger partial charge in [-0.2, -0.15) is 0 Å². The molecule has 2 amide bonds. The van der Waals surface area contributed by atoms with Crippen molar-refractivity contribution in [2.75, 3.05) is 23.0 Å². The molecule has 8 heteroatoms. The van der Waals surface area contributed by atoms with E-state index in [1.807, 2.05) is 24.3 Å². The van der Waals surface area contributed by atoms with Gasteiger partial charge in [0, 0.05) is 29.2 Å². The molecule has 1 N–H and O–H groups in total. The summed E-state index contributed by atoms with van der Waals surface area (Å²) >= 11 is 3.37. The summed E-state index contributed by atoms with van der Waals surface area (Å²) in [5.74, 6) is -0.662. The van der Waals surface area contributed by atoms with E-state index < -0.39 is 15.8 Å². The molecule has 0 aromatic heterocycles. The lowest BCUT2D eigenvalue weighted by Crippen LogP contribution is -2.40. The van der Waals surface area contributed by atoms with Gasteiger partial charge in [-0.3, -0.25) is 9.59 Å². The predicted octanol–water partition coefficient (Wildman–Crippen LogP) is 1.11. The summed E-state index contributed by atoms with van der Waals surface area (Å²) < 4.78 is 23.8. The molecule has 0 aliphatic carbocycles. The highest BCUT2D eigenvalue weighted by molar-refractivity contribution is 9.10. The number of hydrogen-bond donors (Lipinski definition) is 1. The van der Waals surface area contributed by atoms with Crippen LogP contribution in [0.3, 0.4) is 0 Å². The normalized spacial score (nSPS) is 26.5. The van der Waals surface area contributed by atoms with Gasteiger partial charge < -0.3 is 10.2 Å². The molecule has 6 nitrogen and oxygen atoms in total. The first-order valence-electron chi connectivity index (χ1n) is 7.41. The molecule has 0 unspecified atom stereocenters. The van der Waals surface area contributed by atoms with Crippen LogP contribution in [-0.2, 0) is 19.4 Å². The number of amides is 2. The summed E-state index contributed by atoms with van der Waals surface area (Å²) in [4.78, 5) is 26.1. The Kier molecular flexibility index (Phi) is 4.46. The van der Waals surface area contributed by atoms with Gasteiger partial charge in [-0.25, -0.2) is 8.42 Å². The lowest BCUT2D eigenvalue weighted by Gasteiger charge is -2.18. The average Bonchev–Trinajstić information content (AvgIpc) is 3.01. The van der Waals surface area contributed by atoms with Crippen LogP contribution in [0, 0.1) is 5.92 Å². The standard InChI is InChI=1S/C15H17BrN2O4S/c16-11-2-1-3-13(7-11)18-8-10(6-14(18)19)15(20)17-12-4-5-23(21,22)9-12/h1-3,7,10,12H,4-6,8-9H2,(H,17,20)/t10-,12-/m0/s1. The lowest BCUT2D eigenvalue weighted by atomic mass is 10.1. The van der Waals surface area contributed by atoms with Crippen LogP contribution in [0.1, 0.15) is 12.8 Å². The summed E-state index contributed by atoms with van der Waals surface area (Å²) in [6.07, 6.45) is 0.599. The first-order chi connectivity index (χ1) is 10.8. The SMILES string of the molecule is O=C(N[C@H]1CCS(=O)(=O)C1)[C@H]1CC(=O)N(c2cccc(Br)c2)C1. The number of rotatable bonds is 3. The Balaban J connectivity index is 1.64. The molecule has 3 rings (SSSR count). The fourth-order valence-corrected chi connectivity index (χ4v) is 5.07. The molecule has 0 spiro atoms. The smallest absolute Gasteiger partial charge is 0.227 e. The van der Waals surface area contributed by atoms with E-state index in [1.54, 1.807) is 4.90 Å². The molecule has 1 aromatic rings. The molecular formula is C15H17BrN2O4S. The zero-order chi connectivity index (χ0) is 16.6. The number of sulfone groups is 1. The maximum absolute atomic E-state index is 12.3. The third-order valence-corrected chi connectivity index (χ3v) is 6.46. The van der Waals surface area contributed by atoms with Crippen LogP contribution < -0.4 is 10.2 Å². The molecule has 0 saturated carbocycles. The molecule has 2 aliphatic heterocycles. The second-order valence-corrected chi connectivity index (χ2v) is 9.14. The first kappa shape index (κ1) is 16.4. The highest BCUT2D eigenvalue weighted by Gasteiger charge is 2.37. The Hall–Kier alpha value is -1.41. The molecule has 0 radical (unpaired) electrons. The van der Waals surface area contributed by atoms with Crippen LogP contribution in [0.5, 0.6) is 0 Å². The Labute approximate surface area is 143 Å². The number of nitrogens with one attached hydrogen (secondary N) is 1. The third-order valence-electron chi connectivity index (χ3n) is 4.19. The van der Waals surface area contributed by atoms with Gasteiger partial charge in [0.25, 0.3) is 0 Å². The van der Waals surface area contributed by atoms with Crippen molar-refractivity contribution in [3.8, 4) is 0 Å². The number of carbonyl (C=O) groups is 2. The quantitative estimate of drug-likeness (QED) is 0.823. The van der Waals surface area contributed by atoms with Crippen molar-refractivity contribution < 1.29 is 18.0 Å². The fraction of sp³-hybridized carbons (Fsp3) is 0.467. The zero-order valence-corrected chi connectivity index (χ0v) is 14.8. The topological polar surface area (TPSA) is 83.5 Å². The van der Waals surface area contributed by atoms with Crippen LogP contribution in [0.25, 0.3) is 0 Å². The predicted molar refractivity (Wildman–Crippen MR) is 89.8 cm³/mol. The Morgan fingerprint density at radius 3 is 2.78 bits per heavy atom.